The molecule has 0 bridgehead atoms. The molecule has 1 rings (SSSR count). The molecule has 0 aliphatic carbocycles. The van der Waals surface area contributed by atoms with Crippen LogP contribution in [0.4, 0.5) is 6.01 Å². The van der Waals surface area contributed by atoms with Crippen molar-refractivity contribution in [3.63, 3.8) is 0 Å². The lowest BCUT2D eigenvalue weighted by molar-refractivity contribution is 0.197. The largest absolute Gasteiger partial charge is 0.407 e. The van der Waals surface area contributed by atoms with Crippen molar-refractivity contribution in [3.05, 3.63) is 5.89 Å². The van der Waals surface area contributed by atoms with Crippen LogP contribution in [0.5, 0.6) is 0 Å². The van der Waals surface area contributed by atoms with Crippen LogP contribution in [0.3, 0.4) is 0 Å². The van der Waals surface area contributed by atoms with Crippen molar-refractivity contribution in [1.82, 2.24) is 15.5 Å². The first-order valence-corrected chi connectivity index (χ1v) is 4.56. The van der Waals surface area contributed by atoms with Crippen LogP contribution in [-0.4, -0.2) is 37.5 Å². The van der Waals surface area contributed by atoms with E-state index >= 15 is 0 Å². The van der Waals surface area contributed by atoms with E-state index in [0.717, 1.165) is 19.6 Å². The van der Waals surface area contributed by atoms with Crippen molar-refractivity contribution in [1.29, 1.82) is 0 Å². The molecule has 0 fully saturated rings. The molecule has 0 saturated heterocycles. The third-order valence-electron chi connectivity index (χ3n) is 1.60. The van der Waals surface area contributed by atoms with E-state index in [9.17, 15) is 0 Å². The Bertz CT molecular complexity index is 251. The summed E-state index contributed by atoms with van der Waals surface area (Å²) >= 11 is 0. The van der Waals surface area contributed by atoms with Crippen LogP contribution in [-0.2, 0) is 11.3 Å². The van der Waals surface area contributed by atoms with Gasteiger partial charge in [-0.15, -0.1) is 5.10 Å². The van der Waals surface area contributed by atoms with E-state index in [-0.39, 0.29) is 0 Å². The highest BCUT2D eigenvalue weighted by molar-refractivity contribution is 5.16. The molecule has 80 valence electrons. The second kappa shape index (κ2) is 6.33. The molecular weight excluding hydrogens is 184 g/mol. The van der Waals surface area contributed by atoms with Gasteiger partial charge in [-0.25, -0.2) is 0 Å². The molecule has 1 aromatic rings. The summed E-state index contributed by atoms with van der Waals surface area (Å²) in [5.74, 6) is 0.585. The molecule has 0 aliphatic rings. The lowest BCUT2D eigenvalue weighted by Gasteiger charge is -1.99. The fourth-order valence-corrected chi connectivity index (χ4v) is 0.960. The Morgan fingerprint density at radius 2 is 2.29 bits per heavy atom. The van der Waals surface area contributed by atoms with Gasteiger partial charge in [-0.1, -0.05) is 5.10 Å². The van der Waals surface area contributed by atoms with Gasteiger partial charge < -0.3 is 19.8 Å². The van der Waals surface area contributed by atoms with Gasteiger partial charge in [-0.05, 0) is 13.5 Å². The summed E-state index contributed by atoms with van der Waals surface area (Å²) in [4.78, 5) is 0. The predicted octanol–water partition coefficient (Wildman–Crippen LogP) is 0.237. The zero-order valence-corrected chi connectivity index (χ0v) is 8.54. The topological polar surface area (TPSA) is 72.2 Å². The molecule has 14 heavy (non-hydrogen) atoms. The molecule has 6 heteroatoms. The molecular formula is C8H16N4O2. The van der Waals surface area contributed by atoms with Gasteiger partial charge in [-0.3, -0.25) is 0 Å². The Labute approximate surface area is 83.0 Å². The first kappa shape index (κ1) is 10.9. The van der Waals surface area contributed by atoms with Gasteiger partial charge >= 0.3 is 6.01 Å². The molecule has 0 aliphatic heterocycles. The summed E-state index contributed by atoms with van der Waals surface area (Å²) in [5.41, 5.74) is 0. The third kappa shape index (κ3) is 3.71. The Kier molecular flexibility index (Phi) is 4.95. The molecule has 2 N–H and O–H groups in total. The summed E-state index contributed by atoms with van der Waals surface area (Å²) in [6.45, 7) is 2.09. The smallest absolute Gasteiger partial charge is 0.315 e. The van der Waals surface area contributed by atoms with Crippen molar-refractivity contribution in [2.45, 2.75) is 13.0 Å². The van der Waals surface area contributed by atoms with Crippen LogP contribution < -0.4 is 10.6 Å². The van der Waals surface area contributed by atoms with Crippen LogP contribution in [0.2, 0.25) is 0 Å². The Morgan fingerprint density at radius 1 is 1.43 bits per heavy atom. The van der Waals surface area contributed by atoms with E-state index in [1.54, 1.807) is 7.11 Å². The predicted molar refractivity (Wildman–Crippen MR) is 52.0 cm³/mol. The molecule has 6 nitrogen and oxygen atoms in total. The second-order valence-corrected chi connectivity index (χ2v) is 2.80. The van der Waals surface area contributed by atoms with Crippen LogP contribution >= 0.6 is 0 Å². The summed E-state index contributed by atoms with van der Waals surface area (Å²) in [6, 6.07) is 0.464. The number of ether oxygens (including phenoxy) is 1. The number of nitrogens with one attached hydrogen (secondary N) is 2. The fourth-order valence-electron chi connectivity index (χ4n) is 0.960. The van der Waals surface area contributed by atoms with Crippen molar-refractivity contribution in [2.75, 3.05) is 32.6 Å². The van der Waals surface area contributed by atoms with E-state index < -0.39 is 0 Å². The number of rotatable bonds is 7. The summed E-state index contributed by atoms with van der Waals surface area (Å²) in [6.07, 6.45) is 0.917. The second-order valence-electron chi connectivity index (χ2n) is 2.80. The Hall–Kier alpha value is -1.14. The number of nitrogens with zero attached hydrogens (tertiary/aromatic N) is 2. The number of anilines is 1. The Morgan fingerprint density at radius 3 is 3.00 bits per heavy atom. The van der Waals surface area contributed by atoms with Gasteiger partial charge in [-0.2, -0.15) is 0 Å². The lowest BCUT2D eigenvalue weighted by atomic mass is 10.4. The molecule has 1 heterocycles. The minimum Gasteiger partial charge on any atom is -0.407 e. The number of aromatic nitrogens is 2. The van der Waals surface area contributed by atoms with E-state index in [1.165, 1.54) is 0 Å². The average Bonchev–Trinajstić information content (AvgIpc) is 2.61. The molecule has 1 aromatic heterocycles. The molecule has 0 spiro atoms. The Balaban J connectivity index is 2.22. The molecule has 0 saturated carbocycles. The van der Waals surface area contributed by atoms with Gasteiger partial charge in [0.1, 0.15) is 0 Å². The third-order valence-corrected chi connectivity index (χ3v) is 1.60. The summed E-state index contributed by atoms with van der Waals surface area (Å²) in [7, 11) is 3.51. The standard InChI is InChI=1S/C8H16N4O2/c1-9-6-7-11-12-8(14-7)10-4-3-5-13-2/h9H,3-6H2,1-2H3,(H,10,12). The highest BCUT2D eigenvalue weighted by Gasteiger charge is 2.02. The van der Waals surface area contributed by atoms with Gasteiger partial charge in [0, 0.05) is 20.3 Å². The van der Waals surface area contributed by atoms with E-state index in [2.05, 4.69) is 20.8 Å². The van der Waals surface area contributed by atoms with Gasteiger partial charge in [0.2, 0.25) is 5.89 Å². The number of methoxy groups -OCH3 is 1. The SMILES string of the molecule is CNCc1nnc(NCCCOC)o1. The highest BCUT2D eigenvalue weighted by Crippen LogP contribution is 2.04. The maximum atomic E-state index is 5.27. The molecule has 0 unspecified atom stereocenters. The van der Waals surface area contributed by atoms with Crippen LogP contribution in [0.1, 0.15) is 12.3 Å². The number of hydrogen-bond donors (Lipinski definition) is 2. The minimum absolute atomic E-state index is 0.464. The maximum Gasteiger partial charge on any atom is 0.315 e. The highest BCUT2D eigenvalue weighted by atomic mass is 16.5. The maximum absolute atomic E-state index is 5.27. The van der Waals surface area contributed by atoms with E-state index in [4.69, 9.17) is 9.15 Å². The minimum atomic E-state index is 0.464. The zero-order chi connectivity index (χ0) is 10.2. The van der Waals surface area contributed by atoms with E-state index in [0.29, 0.717) is 18.5 Å². The number of hydrogen-bond acceptors (Lipinski definition) is 6. The van der Waals surface area contributed by atoms with Crippen molar-refractivity contribution >= 4 is 6.01 Å². The van der Waals surface area contributed by atoms with Gasteiger partial charge in [0.25, 0.3) is 0 Å². The molecule has 0 atom stereocenters. The van der Waals surface area contributed by atoms with Gasteiger partial charge in [0.15, 0.2) is 0 Å². The van der Waals surface area contributed by atoms with Crippen molar-refractivity contribution < 1.29 is 9.15 Å². The monoisotopic (exact) mass is 200 g/mol. The van der Waals surface area contributed by atoms with Crippen molar-refractivity contribution in [2.24, 2.45) is 0 Å². The molecule has 0 radical (unpaired) electrons. The zero-order valence-electron chi connectivity index (χ0n) is 8.54. The summed E-state index contributed by atoms with van der Waals surface area (Å²) < 4.78 is 10.2. The van der Waals surface area contributed by atoms with Crippen LogP contribution in [0.25, 0.3) is 0 Å². The lowest BCUT2D eigenvalue weighted by Crippen LogP contribution is -2.05. The van der Waals surface area contributed by atoms with Crippen molar-refractivity contribution in [3.8, 4) is 0 Å². The average molecular weight is 200 g/mol. The quantitative estimate of drug-likeness (QED) is 0.614. The van der Waals surface area contributed by atoms with Gasteiger partial charge in [0.05, 0.1) is 6.54 Å². The first-order chi connectivity index (χ1) is 6.86. The first-order valence-electron chi connectivity index (χ1n) is 4.56. The normalized spacial score (nSPS) is 10.4. The fraction of sp³-hybridized carbons (Fsp3) is 0.750. The molecule has 0 aromatic carbocycles. The van der Waals surface area contributed by atoms with Crippen LogP contribution in [0.15, 0.2) is 4.42 Å². The molecule has 0 amide bonds. The van der Waals surface area contributed by atoms with E-state index in [1.807, 2.05) is 7.05 Å². The summed E-state index contributed by atoms with van der Waals surface area (Å²) in [5, 5.41) is 13.6. The van der Waals surface area contributed by atoms with Crippen LogP contribution in [0, 0.1) is 0 Å².